The van der Waals surface area contributed by atoms with Crippen LogP contribution in [0.15, 0.2) is 15.6 Å². The van der Waals surface area contributed by atoms with Crippen molar-refractivity contribution < 1.29 is 4.74 Å². The first kappa shape index (κ1) is 14.2. The van der Waals surface area contributed by atoms with Gasteiger partial charge in [-0.2, -0.15) is 0 Å². The van der Waals surface area contributed by atoms with E-state index in [1.165, 1.54) is 6.33 Å². The van der Waals surface area contributed by atoms with Crippen molar-refractivity contribution in [2.45, 2.75) is 20.3 Å². The predicted octanol–water partition coefficient (Wildman–Crippen LogP) is 2.01. The molecule has 0 aromatic carbocycles. The summed E-state index contributed by atoms with van der Waals surface area (Å²) in [4.78, 5) is 17.8. The molecule has 96 valence electrons. The van der Waals surface area contributed by atoms with E-state index < -0.39 is 0 Å². The lowest BCUT2D eigenvalue weighted by Gasteiger charge is -2.08. The Morgan fingerprint density at radius 2 is 2.35 bits per heavy atom. The molecule has 0 unspecified atom stereocenters. The lowest BCUT2D eigenvalue weighted by atomic mass is 10.2. The molecule has 0 saturated heterocycles. The minimum Gasteiger partial charge on any atom is -0.381 e. The zero-order valence-electron chi connectivity index (χ0n) is 10.1. The standard InChI is InChI=1S/C11H18BrN3O2/c1-8(2)6-17-5-3-4-13-10-9(12)11(16)15-7-14-10/h7-8H,3-6H2,1-2H3,(H2,13,14,15,16). The predicted molar refractivity (Wildman–Crippen MR) is 71.3 cm³/mol. The summed E-state index contributed by atoms with van der Waals surface area (Å²) in [6.07, 6.45) is 2.26. The Balaban J connectivity index is 2.23. The van der Waals surface area contributed by atoms with Gasteiger partial charge in [-0.3, -0.25) is 4.79 Å². The maximum atomic E-state index is 11.2. The number of aromatic nitrogens is 2. The summed E-state index contributed by atoms with van der Waals surface area (Å²) in [5.41, 5.74) is -0.182. The van der Waals surface area contributed by atoms with Gasteiger partial charge in [-0.1, -0.05) is 13.8 Å². The first-order valence-electron chi connectivity index (χ1n) is 5.66. The molecular weight excluding hydrogens is 286 g/mol. The number of nitrogens with zero attached hydrogens (tertiary/aromatic N) is 1. The zero-order chi connectivity index (χ0) is 12.7. The molecule has 0 aliphatic carbocycles. The van der Waals surface area contributed by atoms with Gasteiger partial charge in [-0.15, -0.1) is 0 Å². The average molecular weight is 304 g/mol. The SMILES string of the molecule is CC(C)COCCCNc1nc[nH]c(=O)c1Br. The van der Waals surface area contributed by atoms with Gasteiger partial charge in [0, 0.05) is 19.8 Å². The second-order valence-corrected chi connectivity index (χ2v) is 4.94. The van der Waals surface area contributed by atoms with E-state index in [1.807, 2.05) is 0 Å². The number of ether oxygens (including phenoxy) is 1. The normalized spacial score (nSPS) is 10.8. The van der Waals surface area contributed by atoms with E-state index in [2.05, 4.69) is 45.1 Å². The van der Waals surface area contributed by atoms with Crippen LogP contribution in [0.3, 0.4) is 0 Å². The quantitative estimate of drug-likeness (QED) is 0.756. The topological polar surface area (TPSA) is 67.0 Å². The van der Waals surface area contributed by atoms with E-state index in [4.69, 9.17) is 4.74 Å². The van der Waals surface area contributed by atoms with Crippen molar-refractivity contribution >= 4 is 21.7 Å². The lowest BCUT2D eigenvalue weighted by Crippen LogP contribution is -2.14. The van der Waals surface area contributed by atoms with Crippen LogP contribution in [0.5, 0.6) is 0 Å². The summed E-state index contributed by atoms with van der Waals surface area (Å²) in [5.74, 6) is 1.13. The first-order valence-corrected chi connectivity index (χ1v) is 6.45. The minimum absolute atomic E-state index is 0.182. The fourth-order valence-electron chi connectivity index (χ4n) is 1.21. The van der Waals surface area contributed by atoms with Gasteiger partial charge in [0.15, 0.2) is 0 Å². The van der Waals surface area contributed by atoms with Gasteiger partial charge in [-0.05, 0) is 28.3 Å². The summed E-state index contributed by atoms with van der Waals surface area (Å²) < 4.78 is 5.88. The first-order chi connectivity index (χ1) is 8.11. The largest absolute Gasteiger partial charge is 0.381 e. The number of hydrogen-bond acceptors (Lipinski definition) is 4. The fourth-order valence-corrected chi connectivity index (χ4v) is 1.56. The molecule has 6 heteroatoms. The molecular formula is C11H18BrN3O2. The van der Waals surface area contributed by atoms with Crippen LogP contribution in [-0.2, 0) is 4.74 Å². The van der Waals surface area contributed by atoms with Crippen LogP contribution in [0, 0.1) is 5.92 Å². The van der Waals surface area contributed by atoms with E-state index in [9.17, 15) is 4.79 Å². The Morgan fingerprint density at radius 3 is 3.06 bits per heavy atom. The Kier molecular flexibility index (Phi) is 6.21. The Labute approximate surface area is 109 Å². The van der Waals surface area contributed by atoms with Gasteiger partial charge in [0.05, 0.1) is 6.33 Å². The highest BCUT2D eigenvalue weighted by molar-refractivity contribution is 9.10. The molecule has 0 aliphatic rings. The Bertz CT molecular complexity index is 393. The number of aromatic amines is 1. The number of anilines is 1. The highest BCUT2D eigenvalue weighted by Gasteiger charge is 2.03. The summed E-state index contributed by atoms with van der Waals surface area (Å²) in [5, 5.41) is 3.08. The van der Waals surface area contributed by atoms with Crippen molar-refractivity contribution in [1.29, 1.82) is 0 Å². The van der Waals surface area contributed by atoms with Crippen molar-refractivity contribution in [2.75, 3.05) is 25.1 Å². The van der Waals surface area contributed by atoms with Crippen LogP contribution in [0.25, 0.3) is 0 Å². The van der Waals surface area contributed by atoms with E-state index in [1.54, 1.807) is 0 Å². The van der Waals surface area contributed by atoms with Crippen molar-refractivity contribution in [1.82, 2.24) is 9.97 Å². The van der Waals surface area contributed by atoms with Gasteiger partial charge in [-0.25, -0.2) is 4.98 Å². The van der Waals surface area contributed by atoms with Crippen LogP contribution >= 0.6 is 15.9 Å². The van der Waals surface area contributed by atoms with E-state index in [0.29, 0.717) is 22.8 Å². The van der Waals surface area contributed by atoms with Gasteiger partial charge in [0.1, 0.15) is 10.3 Å². The van der Waals surface area contributed by atoms with Gasteiger partial charge in [0.25, 0.3) is 5.56 Å². The second kappa shape index (κ2) is 7.45. The Hall–Kier alpha value is -0.880. The molecule has 17 heavy (non-hydrogen) atoms. The molecule has 0 spiro atoms. The second-order valence-electron chi connectivity index (χ2n) is 4.14. The van der Waals surface area contributed by atoms with Gasteiger partial charge >= 0.3 is 0 Å². The highest BCUT2D eigenvalue weighted by atomic mass is 79.9. The van der Waals surface area contributed by atoms with E-state index >= 15 is 0 Å². The molecule has 0 radical (unpaired) electrons. The third-order valence-electron chi connectivity index (χ3n) is 2.01. The number of H-pyrrole nitrogens is 1. The van der Waals surface area contributed by atoms with Crippen LogP contribution in [0.4, 0.5) is 5.82 Å². The molecule has 1 aromatic rings. The third-order valence-corrected chi connectivity index (χ3v) is 2.74. The number of halogens is 1. The number of nitrogens with one attached hydrogen (secondary N) is 2. The maximum Gasteiger partial charge on any atom is 0.267 e. The summed E-state index contributed by atoms with van der Waals surface area (Å²) in [6, 6.07) is 0. The van der Waals surface area contributed by atoms with E-state index in [0.717, 1.165) is 19.6 Å². The Morgan fingerprint density at radius 1 is 1.59 bits per heavy atom. The average Bonchev–Trinajstić information content (AvgIpc) is 2.28. The maximum absolute atomic E-state index is 11.2. The van der Waals surface area contributed by atoms with Crippen molar-refractivity contribution in [2.24, 2.45) is 5.92 Å². The molecule has 0 amide bonds. The number of rotatable bonds is 7. The van der Waals surface area contributed by atoms with Crippen molar-refractivity contribution in [3.8, 4) is 0 Å². The molecule has 0 bridgehead atoms. The van der Waals surface area contributed by atoms with Crippen LogP contribution < -0.4 is 10.9 Å². The molecule has 5 nitrogen and oxygen atoms in total. The fraction of sp³-hybridized carbons (Fsp3) is 0.636. The molecule has 2 N–H and O–H groups in total. The highest BCUT2D eigenvalue weighted by Crippen LogP contribution is 2.12. The van der Waals surface area contributed by atoms with Crippen LogP contribution in [-0.4, -0.2) is 29.7 Å². The molecule has 0 aliphatic heterocycles. The summed E-state index contributed by atoms with van der Waals surface area (Å²) in [7, 11) is 0. The van der Waals surface area contributed by atoms with Gasteiger partial charge < -0.3 is 15.0 Å². The monoisotopic (exact) mass is 303 g/mol. The molecule has 1 heterocycles. The molecule has 1 rings (SSSR count). The molecule has 1 aromatic heterocycles. The third kappa shape index (κ3) is 5.32. The summed E-state index contributed by atoms with van der Waals surface area (Å²) >= 11 is 3.18. The zero-order valence-corrected chi connectivity index (χ0v) is 11.7. The number of hydrogen-bond donors (Lipinski definition) is 2. The van der Waals surface area contributed by atoms with E-state index in [-0.39, 0.29) is 5.56 Å². The van der Waals surface area contributed by atoms with Gasteiger partial charge in [0.2, 0.25) is 0 Å². The molecule has 0 fully saturated rings. The van der Waals surface area contributed by atoms with Crippen molar-refractivity contribution in [3.63, 3.8) is 0 Å². The lowest BCUT2D eigenvalue weighted by molar-refractivity contribution is 0.110. The van der Waals surface area contributed by atoms with Crippen LogP contribution in [0.1, 0.15) is 20.3 Å². The summed E-state index contributed by atoms with van der Waals surface area (Å²) in [6.45, 7) is 6.47. The molecule has 0 atom stereocenters. The van der Waals surface area contributed by atoms with Crippen LogP contribution in [0.2, 0.25) is 0 Å². The van der Waals surface area contributed by atoms with Crippen molar-refractivity contribution in [3.05, 3.63) is 21.2 Å². The smallest absolute Gasteiger partial charge is 0.267 e. The molecule has 0 saturated carbocycles. The minimum atomic E-state index is -0.182.